The number of benzene rings is 1. The van der Waals surface area contributed by atoms with E-state index in [4.69, 9.17) is 10.4 Å². The lowest BCUT2D eigenvalue weighted by Crippen LogP contribution is -2.47. The predicted octanol–water partition coefficient (Wildman–Crippen LogP) is 2.06. The van der Waals surface area contributed by atoms with Crippen molar-refractivity contribution in [2.24, 2.45) is 7.05 Å². The highest BCUT2D eigenvalue weighted by molar-refractivity contribution is 6.43. The summed E-state index contributed by atoms with van der Waals surface area (Å²) in [7, 11) is 1.57. The van der Waals surface area contributed by atoms with Crippen molar-refractivity contribution in [1.29, 1.82) is 5.26 Å². The lowest BCUT2D eigenvalue weighted by molar-refractivity contribution is -0.118. The van der Waals surface area contributed by atoms with Gasteiger partial charge in [-0.05, 0) is 51.5 Å². The summed E-state index contributed by atoms with van der Waals surface area (Å²) in [6.45, 7) is 4.82. The van der Waals surface area contributed by atoms with Crippen molar-refractivity contribution in [3.8, 4) is 6.07 Å². The molecule has 0 aliphatic rings. The number of anilines is 1. The van der Waals surface area contributed by atoms with Gasteiger partial charge in [0.25, 0.3) is 17.6 Å². The highest BCUT2D eigenvalue weighted by Crippen LogP contribution is 2.19. The maximum Gasteiger partial charge on any atom is 0.292 e. The number of halogens is 1. The van der Waals surface area contributed by atoms with Crippen LogP contribution in [0.2, 0.25) is 0 Å². The number of aliphatic hydroxyl groups is 1. The van der Waals surface area contributed by atoms with Crippen LogP contribution in [0.5, 0.6) is 0 Å². The summed E-state index contributed by atoms with van der Waals surface area (Å²) in [5, 5.41) is 23.1. The van der Waals surface area contributed by atoms with E-state index in [2.05, 4.69) is 10.6 Å². The van der Waals surface area contributed by atoms with E-state index in [1.54, 1.807) is 33.9 Å². The third kappa shape index (κ3) is 4.90. The van der Waals surface area contributed by atoms with Crippen molar-refractivity contribution in [2.45, 2.75) is 32.7 Å². The van der Waals surface area contributed by atoms with Gasteiger partial charge in [-0.1, -0.05) is 0 Å². The molecule has 8 nitrogen and oxygen atoms in total. The fourth-order valence-corrected chi connectivity index (χ4v) is 2.86. The molecule has 0 saturated heterocycles. The largest absolute Gasteiger partial charge is 0.396 e. The molecule has 0 saturated carbocycles. The van der Waals surface area contributed by atoms with E-state index in [0.717, 1.165) is 6.07 Å². The van der Waals surface area contributed by atoms with Gasteiger partial charge in [-0.2, -0.15) is 5.26 Å². The first-order valence-electron chi connectivity index (χ1n) is 9.15. The number of carbonyl (C=O) groups is 3. The minimum atomic E-state index is -0.841. The third-order valence-electron chi connectivity index (χ3n) is 4.75. The minimum absolute atomic E-state index is 0.0665. The van der Waals surface area contributed by atoms with E-state index < -0.39 is 29.0 Å². The number of aromatic nitrogens is 1. The van der Waals surface area contributed by atoms with Crippen molar-refractivity contribution < 1.29 is 23.9 Å². The molecule has 0 spiro atoms. The van der Waals surface area contributed by atoms with Crippen molar-refractivity contribution in [3.63, 3.8) is 0 Å². The molecule has 158 valence electrons. The quantitative estimate of drug-likeness (QED) is 0.473. The zero-order chi connectivity index (χ0) is 22.6. The summed E-state index contributed by atoms with van der Waals surface area (Å²) in [4.78, 5) is 37.6. The molecule has 0 atom stereocenters. The Morgan fingerprint density at radius 3 is 2.53 bits per heavy atom. The first-order valence-corrected chi connectivity index (χ1v) is 9.15. The monoisotopic (exact) mass is 414 g/mol. The maximum atomic E-state index is 13.5. The number of rotatable bonds is 7. The number of nitrogens with zero attached hydrogens (tertiary/aromatic N) is 2. The Bertz CT molecular complexity index is 1050. The van der Waals surface area contributed by atoms with Crippen molar-refractivity contribution >= 4 is 23.3 Å². The van der Waals surface area contributed by atoms with Gasteiger partial charge in [-0.3, -0.25) is 14.4 Å². The first kappa shape index (κ1) is 22.8. The molecule has 0 unspecified atom stereocenters. The molecule has 2 amide bonds. The molecule has 1 heterocycles. The van der Waals surface area contributed by atoms with Gasteiger partial charge in [0, 0.05) is 36.1 Å². The van der Waals surface area contributed by atoms with Crippen LogP contribution in [0.25, 0.3) is 0 Å². The van der Waals surface area contributed by atoms with Gasteiger partial charge in [0.2, 0.25) is 0 Å². The second-order valence-corrected chi connectivity index (χ2v) is 7.49. The minimum Gasteiger partial charge on any atom is -0.396 e. The van der Waals surface area contributed by atoms with E-state index in [9.17, 15) is 18.8 Å². The van der Waals surface area contributed by atoms with Crippen LogP contribution < -0.4 is 10.6 Å². The van der Waals surface area contributed by atoms with E-state index in [1.807, 2.05) is 0 Å². The fraction of sp³-hybridized carbons (Fsp3) is 0.333. The maximum absolute atomic E-state index is 13.5. The smallest absolute Gasteiger partial charge is 0.292 e. The van der Waals surface area contributed by atoms with Crippen LogP contribution in [-0.4, -0.2) is 39.4 Å². The van der Waals surface area contributed by atoms with Crippen molar-refractivity contribution in [3.05, 3.63) is 52.6 Å². The summed E-state index contributed by atoms with van der Waals surface area (Å²) in [6.07, 6.45) is 0.274. The second kappa shape index (κ2) is 8.88. The molecule has 0 radical (unpaired) electrons. The predicted molar refractivity (Wildman–Crippen MR) is 107 cm³/mol. The third-order valence-corrected chi connectivity index (χ3v) is 4.75. The number of hydrogen-bond acceptors (Lipinski definition) is 5. The fourth-order valence-electron chi connectivity index (χ4n) is 2.86. The Kier molecular flexibility index (Phi) is 6.74. The molecular formula is C21H23FN4O4. The summed E-state index contributed by atoms with van der Waals surface area (Å²) in [6, 6.07) is 6.58. The summed E-state index contributed by atoms with van der Waals surface area (Å²) < 4.78 is 14.9. The number of carbonyl (C=O) groups excluding carboxylic acids is 3. The van der Waals surface area contributed by atoms with E-state index in [-0.39, 0.29) is 35.5 Å². The standard InChI is InChI=1S/C21H23FN4O4/c1-12-15(18(28)20(30)25-21(2,3)7-8-27)10-17(26(12)4)19(29)24-14-5-6-16(22)13(9-14)11-23/h5-6,9-10,27H,7-8H2,1-4H3,(H,24,29)(H,25,30). The van der Waals surface area contributed by atoms with Crippen LogP contribution in [0.15, 0.2) is 24.3 Å². The average Bonchev–Trinajstić information content (AvgIpc) is 2.97. The normalized spacial score (nSPS) is 11.0. The molecule has 2 aromatic rings. The highest BCUT2D eigenvalue weighted by atomic mass is 19.1. The van der Waals surface area contributed by atoms with Gasteiger partial charge in [-0.15, -0.1) is 0 Å². The number of nitrogens with one attached hydrogen (secondary N) is 2. The summed E-state index contributed by atoms with van der Waals surface area (Å²) >= 11 is 0. The molecule has 1 aromatic heterocycles. The van der Waals surface area contributed by atoms with E-state index in [0.29, 0.717) is 5.69 Å². The molecule has 0 aliphatic heterocycles. The lowest BCUT2D eigenvalue weighted by atomic mass is 10.0. The Balaban J connectivity index is 2.25. The van der Waals surface area contributed by atoms with Crippen LogP contribution in [-0.2, 0) is 11.8 Å². The SMILES string of the molecule is Cc1c(C(=O)C(=O)NC(C)(C)CCO)cc(C(=O)Nc2ccc(F)c(C#N)c2)n1C. The van der Waals surface area contributed by atoms with E-state index >= 15 is 0 Å². The highest BCUT2D eigenvalue weighted by Gasteiger charge is 2.28. The van der Waals surface area contributed by atoms with Crippen molar-refractivity contribution in [2.75, 3.05) is 11.9 Å². The molecular weight excluding hydrogens is 391 g/mol. The van der Waals surface area contributed by atoms with Crippen LogP contribution >= 0.6 is 0 Å². The van der Waals surface area contributed by atoms with Crippen LogP contribution in [0, 0.1) is 24.1 Å². The Morgan fingerprint density at radius 1 is 1.27 bits per heavy atom. The van der Waals surface area contributed by atoms with Crippen LogP contribution in [0.1, 0.15) is 52.4 Å². The average molecular weight is 414 g/mol. The molecule has 0 bridgehead atoms. The Labute approximate surface area is 173 Å². The zero-order valence-corrected chi connectivity index (χ0v) is 17.2. The topological polar surface area (TPSA) is 124 Å². The van der Waals surface area contributed by atoms with Gasteiger partial charge < -0.3 is 20.3 Å². The number of nitriles is 1. The number of hydrogen-bond donors (Lipinski definition) is 3. The van der Waals surface area contributed by atoms with Gasteiger partial charge in [0.05, 0.1) is 5.56 Å². The Hall–Kier alpha value is -3.51. The molecule has 0 fully saturated rings. The lowest BCUT2D eigenvalue weighted by Gasteiger charge is -2.24. The van der Waals surface area contributed by atoms with Crippen molar-refractivity contribution in [1.82, 2.24) is 9.88 Å². The van der Waals surface area contributed by atoms with Gasteiger partial charge in [-0.25, -0.2) is 4.39 Å². The van der Waals surface area contributed by atoms with Gasteiger partial charge in [0.1, 0.15) is 17.6 Å². The van der Waals surface area contributed by atoms with Gasteiger partial charge >= 0.3 is 0 Å². The summed E-state index contributed by atoms with van der Waals surface area (Å²) in [5.41, 5.74) is -0.178. The first-order chi connectivity index (χ1) is 14.0. The molecule has 30 heavy (non-hydrogen) atoms. The summed E-state index contributed by atoms with van der Waals surface area (Å²) in [5.74, 6) is -2.93. The molecule has 2 rings (SSSR count). The number of ketones is 1. The molecule has 3 N–H and O–H groups in total. The molecule has 9 heteroatoms. The number of Topliss-reactive ketones (excluding diaryl/α,β-unsaturated/α-hetero) is 1. The molecule has 0 aliphatic carbocycles. The van der Waals surface area contributed by atoms with E-state index in [1.165, 1.54) is 22.8 Å². The number of amides is 2. The zero-order valence-electron chi connectivity index (χ0n) is 17.2. The second-order valence-electron chi connectivity index (χ2n) is 7.49. The van der Waals surface area contributed by atoms with Crippen LogP contribution in [0.3, 0.4) is 0 Å². The number of aliphatic hydroxyl groups excluding tert-OH is 1. The van der Waals surface area contributed by atoms with Crippen LogP contribution in [0.4, 0.5) is 10.1 Å². The van der Waals surface area contributed by atoms with Gasteiger partial charge in [0.15, 0.2) is 0 Å². The molecule has 1 aromatic carbocycles. The Morgan fingerprint density at radius 2 is 1.93 bits per heavy atom.